The molecule has 0 fully saturated rings. The molecule has 0 atom stereocenters. The number of aryl methyl sites for hydroxylation is 2. The molecule has 7 aromatic rings. The van der Waals surface area contributed by atoms with Crippen molar-refractivity contribution >= 4 is 46.4 Å². The summed E-state index contributed by atoms with van der Waals surface area (Å²) in [7, 11) is 0. The molecular weight excluding hydrogens is 641 g/mol. The van der Waals surface area contributed by atoms with Gasteiger partial charge >= 0.3 is 0 Å². The molecule has 2 aliphatic heterocycles. The van der Waals surface area contributed by atoms with Gasteiger partial charge in [0.25, 0.3) is 0 Å². The molecule has 4 N–H and O–H groups in total. The first-order chi connectivity index (χ1) is 25.4. The van der Waals surface area contributed by atoms with Gasteiger partial charge in [-0.1, -0.05) is 83.9 Å². The number of phenolic OH excluding ortho intramolecular Hbond substituents is 2. The fourth-order valence-corrected chi connectivity index (χ4v) is 7.12. The predicted molar refractivity (Wildman–Crippen MR) is 213 cm³/mol. The summed E-state index contributed by atoms with van der Waals surface area (Å²) in [6.07, 6.45) is 8.29. The topological polar surface area (TPSA) is 97.8 Å². The number of benzene rings is 4. The van der Waals surface area contributed by atoms with Crippen molar-refractivity contribution in [2.75, 3.05) is 0 Å². The minimum Gasteiger partial charge on any atom is -0.508 e. The number of nitrogens with zero attached hydrogens (tertiary/aromatic N) is 2. The summed E-state index contributed by atoms with van der Waals surface area (Å²) in [5.41, 5.74) is 17.0. The predicted octanol–water partition coefficient (Wildman–Crippen LogP) is 11.4. The van der Waals surface area contributed by atoms with Crippen LogP contribution in [0, 0.1) is 13.8 Å². The molecule has 0 saturated carbocycles. The second kappa shape index (κ2) is 12.4. The Balaban J connectivity index is 1.47. The van der Waals surface area contributed by atoms with E-state index in [0.717, 1.165) is 89.4 Å². The van der Waals surface area contributed by atoms with E-state index >= 15 is 0 Å². The van der Waals surface area contributed by atoms with Crippen LogP contribution in [0.2, 0.25) is 0 Å². The van der Waals surface area contributed by atoms with E-state index in [1.54, 1.807) is 24.3 Å². The van der Waals surface area contributed by atoms with Crippen molar-refractivity contribution in [2.24, 2.45) is 0 Å². The second-order valence-corrected chi connectivity index (χ2v) is 13.3. The van der Waals surface area contributed by atoms with Crippen LogP contribution in [0.1, 0.15) is 33.9 Å². The maximum absolute atomic E-state index is 10.2. The molecule has 0 unspecified atom stereocenters. The molecule has 0 spiro atoms. The number of aromatic nitrogens is 4. The number of hydrogen-bond donors (Lipinski definition) is 4. The van der Waals surface area contributed by atoms with Crippen molar-refractivity contribution in [3.05, 3.63) is 155 Å². The molecule has 6 nitrogen and oxygen atoms in total. The Labute approximate surface area is 300 Å². The van der Waals surface area contributed by atoms with Gasteiger partial charge in [0.15, 0.2) is 0 Å². The summed E-state index contributed by atoms with van der Waals surface area (Å²) in [6, 6.07) is 40.0. The van der Waals surface area contributed by atoms with Gasteiger partial charge in [-0.3, -0.25) is 0 Å². The van der Waals surface area contributed by atoms with Gasteiger partial charge in [0, 0.05) is 44.3 Å². The van der Waals surface area contributed by atoms with Crippen molar-refractivity contribution in [3.8, 4) is 56.0 Å². The van der Waals surface area contributed by atoms with Crippen molar-refractivity contribution in [1.29, 1.82) is 0 Å². The second-order valence-electron chi connectivity index (χ2n) is 13.3. The minimum atomic E-state index is 0.196. The van der Waals surface area contributed by atoms with Gasteiger partial charge in [0.05, 0.1) is 22.8 Å². The first-order valence-electron chi connectivity index (χ1n) is 17.3. The van der Waals surface area contributed by atoms with E-state index in [4.69, 9.17) is 9.97 Å². The van der Waals surface area contributed by atoms with E-state index in [-0.39, 0.29) is 11.5 Å². The van der Waals surface area contributed by atoms with Crippen molar-refractivity contribution in [3.63, 3.8) is 0 Å². The van der Waals surface area contributed by atoms with Gasteiger partial charge in [0.2, 0.25) is 0 Å². The molecule has 0 saturated heterocycles. The molecule has 250 valence electrons. The molecule has 9 rings (SSSR count). The SMILES string of the molecule is Cc1ccc(-c2c3nc(c(-c4ccc(C)cc4)c4ccc([nH]4)c(-c4ccc(O)cc4)c4nc(c(-c5ccc(O)cc5)c5ccc2[nH]5)C=C4)C=C3)cc1. The van der Waals surface area contributed by atoms with Gasteiger partial charge < -0.3 is 20.2 Å². The van der Waals surface area contributed by atoms with E-state index in [9.17, 15) is 10.2 Å². The van der Waals surface area contributed by atoms with Gasteiger partial charge in [-0.15, -0.1) is 0 Å². The summed E-state index contributed by atoms with van der Waals surface area (Å²) < 4.78 is 0. The Morgan fingerprint density at radius 1 is 0.346 bits per heavy atom. The quantitative estimate of drug-likeness (QED) is 0.149. The largest absolute Gasteiger partial charge is 0.508 e. The Hall–Kier alpha value is -6.92. The fourth-order valence-electron chi connectivity index (χ4n) is 7.12. The van der Waals surface area contributed by atoms with Crippen LogP contribution in [-0.2, 0) is 0 Å². The van der Waals surface area contributed by atoms with Gasteiger partial charge in [-0.2, -0.15) is 0 Å². The van der Waals surface area contributed by atoms with Gasteiger partial charge in [-0.25, -0.2) is 9.97 Å². The number of rotatable bonds is 4. The van der Waals surface area contributed by atoms with E-state index in [0.29, 0.717) is 0 Å². The summed E-state index contributed by atoms with van der Waals surface area (Å²) in [5.74, 6) is 0.391. The molecule has 8 bridgehead atoms. The highest BCUT2D eigenvalue weighted by atomic mass is 16.3. The number of nitrogens with one attached hydrogen (secondary N) is 2. The third kappa shape index (κ3) is 5.56. The number of fused-ring (bicyclic) bond motifs is 8. The zero-order valence-corrected chi connectivity index (χ0v) is 28.6. The molecular formula is C46H34N4O2. The van der Waals surface area contributed by atoms with Crippen molar-refractivity contribution in [1.82, 2.24) is 19.9 Å². The lowest BCUT2D eigenvalue weighted by Gasteiger charge is -2.07. The number of hydrogen-bond acceptors (Lipinski definition) is 4. The monoisotopic (exact) mass is 674 g/mol. The van der Waals surface area contributed by atoms with Crippen LogP contribution in [0.3, 0.4) is 0 Å². The molecule has 3 aromatic heterocycles. The lowest BCUT2D eigenvalue weighted by atomic mass is 10.0. The van der Waals surface area contributed by atoms with Crippen molar-refractivity contribution in [2.45, 2.75) is 13.8 Å². The smallest absolute Gasteiger partial charge is 0.115 e. The molecule has 5 heterocycles. The van der Waals surface area contributed by atoms with Crippen LogP contribution in [-0.4, -0.2) is 30.1 Å². The fraction of sp³-hybridized carbons (Fsp3) is 0.0435. The summed E-state index contributed by atoms with van der Waals surface area (Å²) in [6.45, 7) is 4.19. The average Bonchev–Trinajstić information content (AvgIpc) is 3.99. The van der Waals surface area contributed by atoms with E-state index in [1.807, 2.05) is 36.4 Å². The van der Waals surface area contributed by atoms with Gasteiger partial charge in [-0.05, 0) is 109 Å². The third-order valence-electron chi connectivity index (χ3n) is 9.75. The Morgan fingerprint density at radius 2 is 0.596 bits per heavy atom. The number of H-pyrrole nitrogens is 2. The molecule has 0 radical (unpaired) electrons. The van der Waals surface area contributed by atoms with Crippen LogP contribution < -0.4 is 0 Å². The van der Waals surface area contributed by atoms with Crippen LogP contribution in [0.4, 0.5) is 0 Å². The standard InChI is InChI=1S/C46H34N4O2/c1-27-3-7-29(8-4-27)43-35-19-20-36(47-35)44(30-9-5-28(2)6-10-30)38-22-24-40(49-38)46(32-13-17-34(52)18-14-32)42-26-25-41(50-42)45(39-23-21-37(43)48-39)31-11-15-33(51)16-12-31/h3-26,48-49,51-52H,1-2H3. The molecule has 2 aliphatic rings. The Kier molecular flexibility index (Phi) is 7.44. The number of aromatic amines is 2. The zero-order valence-electron chi connectivity index (χ0n) is 28.6. The molecule has 6 heteroatoms. The van der Waals surface area contributed by atoms with E-state index in [2.05, 4.69) is 109 Å². The lowest BCUT2D eigenvalue weighted by Crippen LogP contribution is -1.90. The number of aromatic hydroxyl groups is 2. The lowest BCUT2D eigenvalue weighted by molar-refractivity contribution is 0.475. The first-order valence-corrected chi connectivity index (χ1v) is 17.3. The van der Waals surface area contributed by atoms with Crippen LogP contribution in [0.15, 0.2) is 121 Å². The average molecular weight is 675 g/mol. The zero-order chi connectivity index (χ0) is 35.3. The highest BCUT2D eigenvalue weighted by Crippen LogP contribution is 2.39. The first kappa shape index (κ1) is 31.1. The summed E-state index contributed by atoms with van der Waals surface area (Å²) in [4.78, 5) is 18.2. The van der Waals surface area contributed by atoms with E-state index < -0.39 is 0 Å². The maximum atomic E-state index is 10.2. The summed E-state index contributed by atoms with van der Waals surface area (Å²) >= 11 is 0. The Morgan fingerprint density at radius 3 is 0.865 bits per heavy atom. The molecule has 52 heavy (non-hydrogen) atoms. The highest BCUT2D eigenvalue weighted by molar-refractivity contribution is 5.99. The van der Waals surface area contributed by atoms with E-state index in [1.165, 1.54) is 11.1 Å². The highest BCUT2D eigenvalue weighted by Gasteiger charge is 2.19. The molecule has 0 amide bonds. The van der Waals surface area contributed by atoms with Gasteiger partial charge in [0.1, 0.15) is 11.5 Å². The minimum absolute atomic E-state index is 0.196. The van der Waals surface area contributed by atoms with Crippen LogP contribution >= 0.6 is 0 Å². The van der Waals surface area contributed by atoms with Crippen LogP contribution in [0.5, 0.6) is 11.5 Å². The third-order valence-corrected chi connectivity index (χ3v) is 9.75. The molecule has 0 aliphatic carbocycles. The maximum Gasteiger partial charge on any atom is 0.115 e. The van der Waals surface area contributed by atoms with Crippen LogP contribution in [0.25, 0.3) is 90.9 Å². The normalized spacial score (nSPS) is 12.0. The molecule has 4 aromatic carbocycles. The number of phenols is 2. The summed E-state index contributed by atoms with van der Waals surface area (Å²) in [5, 5.41) is 20.4. The van der Waals surface area contributed by atoms with Crippen molar-refractivity contribution < 1.29 is 10.2 Å². The Bertz CT molecular complexity index is 2360.